The molecule has 1 saturated heterocycles. The number of ether oxygens (including phenoxy) is 3. The smallest absolute Gasteiger partial charge is 0.248 e. The first-order chi connectivity index (χ1) is 8.29. The molecule has 1 aliphatic rings. The number of hydrogen-bond donors (Lipinski definition) is 0. The maximum Gasteiger partial charge on any atom is 0.248 e. The van der Waals surface area contributed by atoms with Crippen LogP contribution in [0.25, 0.3) is 0 Å². The van der Waals surface area contributed by atoms with E-state index in [1.165, 1.54) is 0 Å². The van der Waals surface area contributed by atoms with Gasteiger partial charge in [-0.25, -0.2) is 4.90 Å². The van der Waals surface area contributed by atoms with Crippen LogP contribution in [-0.4, -0.2) is 66.3 Å². The van der Waals surface area contributed by atoms with Crippen molar-refractivity contribution in [1.29, 1.82) is 0 Å². The summed E-state index contributed by atoms with van der Waals surface area (Å²) in [6, 6.07) is 0. The summed E-state index contributed by atoms with van der Waals surface area (Å²) < 4.78 is 22.8. The molecule has 1 aliphatic heterocycles. The summed E-state index contributed by atoms with van der Waals surface area (Å²) in [4.78, 5) is 2.23. The Morgan fingerprint density at radius 2 is 1.65 bits per heavy atom. The van der Waals surface area contributed by atoms with Crippen LogP contribution < -0.4 is 0 Å². The molecule has 0 aromatic rings. The fourth-order valence-corrected chi connectivity index (χ4v) is 3.52. The van der Waals surface area contributed by atoms with Crippen LogP contribution in [0.15, 0.2) is 0 Å². The normalized spacial score (nSPS) is 19.2. The van der Waals surface area contributed by atoms with Gasteiger partial charge in [0, 0.05) is 32.9 Å². The van der Waals surface area contributed by atoms with Gasteiger partial charge in [0.05, 0.1) is 13.2 Å². The maximum atomic E-state index is 5.90. The first-order valence-electron chi connectivity index (χ1n) is 6.47. The highest BCUT2D eigenvalue weighted by Crippen LogP contribution is 2.20. The van der Waals surface area contributed by atoms with Gasteiger partial charge in [-0.05, 0) is 20.8 Å². The van der Waals surface area contributed by atoms with Crippen molar-refractivity contribution in [2.75, 3.05) is 46.1 Å². The minimum Gasteiger partial charge on any atom is -0.416 e. The molecule has 0 radical (unpaired) electrons. The molecule has 1 fully saturated rings. The fourth-order valence-electron chi connectivity index (χ4n) is 1.99. The highest BCUT2D eigenvalue weighted by atomic mass is 28.2. The first-order valence-corrected chi connectivity index (χ1v) is 7.76. The zero-order valence-electron chi connectivity index (χ0n) is 11.2. The van der Waals surface area contributed by atoms with Gasteiger partial charge in [0.15, 0.2) is 0 Å². The van der Waals surface area contributed by atoms with Gasteiger partial charge in [0.25, 0.3) is 0 Å². The highest BCUT2D eigenvalue weighted by Gasteiger charge is 2.40. The quantitative estimate of drug-likeness (QED) is 0.460. The summed E-state index contributed by atoms with van der Waals surface area (Å²) >= 11 is 0. The van der Waals surface area contributed by atoms with Gasteiger partial charge in [-0.15, -0.1) is 0 Å². The second-order valence-electron chi connectivity index (χ2n) is 3.82. The van der Waals surface area contributed by atoms with Crippen LogP contribution >= 0.6 is 0 Å². The van der Waals surface area contributed by atoms with Crippen molar-refractivity contribution in [3.63, 3.8) is 0 Å². The molecule has 0 aromatic heterocycles. The standard InChI is InChI=1S/C11H25NO4Si/c1-4-14-11(15-5-2,17-16-6-3)12-7-9-13-10-8-12/h4-10,17H2,1-3H3. The largest absolute Gasteiger partial charge is 0.416 e. The zero-order valence-corrected chi connectivity index (χ0v) is 12.7. The topological polar surface area (TPSA) is 40.2 Å². The van der Waals surface area contributed by atoms with Crippen molar-refractivity contribution in [1.82, 2.24) is 4.90 Å². The van der Waals surface area contributed by atoms with E-state index in [0.717, 1.165) is 32.9 Å². The minimum atomic E-state index is -0.922. The molecule has 0 spiro atoms. The van der Waals surface area contributed by atoms with Crippen LogP contribution in [0.5, 0.6) is 0 Å². The molecule has 6 heteroatoms. The molecule has 0 saturated carbocycles. The lowest BCUT2D eigenvalue weighted by Crippen LogP contribution is -2.61. The fraction of sp³-hybridized carbons (Fsp3) is 1.00. The average Bonchev–Trinajstić information content (AvgIpc) is 2.37. The lowest BCUT2D eigenvalue weighted by atomic mass is 10.4. The van der Waals surface area contributed by atoms with Crippen LogP contribution in [0.3, 0.4) is 0 Å². The Kier molecular flexibility index (Phi) is 7.25. The number of rotatable bonds is 8. The molecular formula is C11H25NO4Si. The van der Waals surface area contributed by atoms with Crippen LogP contribution in [0.2, 0.25) is 0 Å². The van der Waals surface area contributed by atoms with Crippen LogP contribution in [0.1, 0.15) is 20.8 Å². The predicted octanol–water partition coefficient (Wildman–Crippen LogP) is 0.123. The Labute approximate surface area is 106 Å². The van der Waals surface area contributed by atoms with E-state index in [9.17, 15) is 0 Å². The van der Waals surface area contributed by atoms with E-state index >= 15 is 0 Å². The van der Waals surface area contributed by atoms with Crippen LogP contribution in [0.4, 0.5) is 0 Å². The van der Waals surface area contributed by atoms with E-state index in [4.69, 9.17) is 18.6 Å². The minimum absolute atomic E-state index is 0.608. The molecule has 0 aliphatic carbocycles. The second kappa shape index (κ2) is 8.18. The molecule has 0 bridgehead atoms. The van der Waals surface area contributed by atoms with Crippen LogP contribution in [0, 0.1) is 0 Å². The Morgan fingerprint density at radius 3 is 2.12 bits per heavy atom. The molecule has 17 heavy (non-hydrogen) atoms. The van der Waals surface area contributed by atoms with E-state index in [2.05, 4.69) is 4.90 Å². The third-order valence-electron chi connectivity index (χ3n) is 2.72. The van der Waals surface area contributed by atoms with Gasteiger partial charge in [0.2, 0.25) is 15.3 Å². The Bertz CT molecular complexity index is 194. The van der Waals surface area contributed by atoms with Crippen molar-refractivity contribution < 1.29 is 18.6 Å². The van der Waals surface area contributed by atoms with Crippen molar-refractivity contribution in [3.8, 4) is 0 Å². The third-order valence-corrected chi connectivity index (χ3v) is 4.55. The summed E-state index contributed by atoms with van der Waals surface area (Å²) in [5, 5.41) is 0. The lowest BCUT2D eigenvalue weighted by Gasteiger charge is -2.43. The molecule has 0 N–H and O–H groups in total. The van der Waals surface area contributed by atoms with E-state index in [1.807, 2.05) is 20.8 Å². The molecule has 1 rings (SSSR count). The molecule has 0 unspecified atom stereocenters. The monoisotopic (exact) mass is 263 g/mol. The zero-order chi connectivity index (χ0) is 12.6. The first kappa shape index (κ1) is 15.1. The van der Waals surface area contributed by atoms with Gasteiger partial charge in [-0.3, -0.25) is 0 Å². The summed E-state index contributed by atoms with van der Waals surface area (Å²) in [6.07, 6.45) is 0. The molecular weight excluding hydrogens is 238 g/mol. The van der Waals surface area contributed by atoms with Gasteiger partial charge >= 0.3 is 0 Å². The summed E-state index contributed by atoms with van der Waals surface area (Å²) in [5.41, 5.74) is -0.608. The van der Waals surface area contributed by atoms with E-state index in [0.29, 0.717) is 13.2 Å². The maximum absolute atomic E-state index is 5.90. The van der Waals surface area contributed by atoms with Crippen molar-refractivity contribution >= 4 is 9.76 Å². The lowest BCUT2D eigenvalue weighted by molar-refractivity contribution is -0.275. The van der Waals surface area contributed by atoms with E-state index in [-0.39, 0.29) is 0 Å². The SMILES string of the molecule is CCO[SiH2]C(OCC)(OCC)N1CCOCC1. The Balaban J connectivity index is 2.70. The van der Waals surface area contributed by atoms with Gasteiger partial charge < -0.3 is 18.6 Å². The van der Waals surface area contributed by atoms with E-state index in [1.54, 1.807) is 0 Å². The third kappa shape index (κ3) is 4.31. The molecule has 0 aromatic carbocycles. The summed E-state index contributed by atoms with van der Waals surface area (Å²) in [7, 11) is -0.922. The highest BCUT2D eigenvalue weighted by molar-refractivity contribution is 6.30. The molecule has 1 heterocycles. The molecule has 102 valence electrons. The molecule has 0 amide bonds. The Morgan fingerprint density at radius 1 is 1.06 bits per heavy atom. The van der Waals surface area contributed by atoms with Crippen molar-refractivity contribution in [3.05, 3.63) is 0 Å². The number of morpholine rings is 1. The average molecular weight is 263 g/mol. The Hall–Kier alpha value is 0.0169. The van der Waals surface area contributed by atoms with E-state index < -0.39 is 15.3 Å². The summed E-state index contributed by atoms with van der Waals surface area (Å²) in [5.74, 6) is 0. The van der Waals surface area contributed by atoms with Crippen molar-refractivity contribution in [2.45, 2.75) is 26.3 Å². The molecule has 5 nitrogen and oxygen atoms in total. The molecule has 0 atom stereocenters. The summed E-state index contributed by atoms with van der Waals surface area (Å²) in [6.45, 7) is 11.2. The van der Waals surface area contributed by atoms with Gasteiger partial charge in [-0.1, -0.05) is 0 Å². The number of nitrogens with zero attached hydrogens (tertiary/aromatic N) is 1. The van der Waals surface area contributed by atoms with Crippen LogP contribution in [-0.2, 0) is 18.6 Å². The second-order valence-corrected chi connectivity index (χ2v) is 5.41. The van der Waals surface area contributed by atoms with Gasteiger partial charge in [0.1, 0.15) is 0 Å². The predicted molar refractivity (Wildman–Crippen MR) is 68.5 cm³/mol. The van der Waals surface area contributed by atoms with Crippen molar-refractivity contribution in [2.24, 2.45) is 0 Å². The van der Waals surface area contributed by atoms with Gasteiger partial charge in [-0.2, -0.15) is 0 Å². The number of hydrogen-bond acceptors (Lipinski definition) is 5.